The average molecular weight is 364 g/mol. The third-order valence-corrected chi connectivity index (χ3v) is 4.98. The maximum atomic E-state index is 12.0. The Morgan fingerprint density at radius 3 is 3.04 bits per heavy atom. The van der Waals surface area contributed by atoms with Crippen LogP contribution in [0.5, 0.6) is 0 Å². The molecule has 1 aliphatic rings. The molecule has 1 N–H and O–H groups in total. The molecule has 5 heteroatoms. The van der Waals surface area contributed by atoms with Crippen LogP contribution in [0, 0.1) is 11.8 Å². The minimum atomic E-state index is -0.218. The molecule has 0 aliphatic heterocycles. The minimum absolute atomic E-state index is 0.176. The Balaban J connectivity index is 1.49. The topological polar surface area (TPSA) is 71.5 Å². The Kier molecular flexibility index (Phi) is 3.95. The Bertz CT molecular complexity index is 1310. The number of nitrogens with one attached hydrogen (secondary N) is 1. The number of fused-ring (bicyclic) bond motifs is 2. The van der Waals surface area contributed by atoms with Crippen molar-refractivity contribution >= 4 is 10.9 Å². The summed E-state index contributed by atoms with van der Waals surface area (Å²) in [5.41, 5.74) is 4.30. The second-order valence-electron chi connectivity index (χ2n) is 6.79. The van der Waals surface area contributed by atoms with Crippen LogP contribution in [0.1, 0.15) is 29.2 Å². The molecule has 1 aliphatic carbocycles. The van der Waals surface area contributed by atoms with Crippen LogP contribution in [-0.2, 0) is 6.42 Å². The summed E-state index contributed by atoms with van der Waals surface area (Å²) < 4.78 is 0. The standard InChI is InChI=1S/C23H16N4O/c28-23-21-19(10-12-25-23)14-26-22(27-21)18-4-1-3-15(13-18)6-7-17-9-8-16-5-2-11-24-20(16)17/h1-5,10-14,17H,8-9H2,(H,25,28)/t17-/m1/s1. The summed E-state index contributed by atoms with van der Waals surface area (Å²) in [6, 6.07) is 13.7. The highest BCUT2D eigenvalue weighted by Gasteiger charge is 2.21. The lowest BCUT2D eigenvalue weighted by molar-refractivity contribution is 0.820. The van der Waals surface area contributed by atoms with E-state index < -0.39 is 0 Å². The fraction of sp³-hybridized carbons (Fsp3) is 0.130. The maximum absolute atomic E-state index is 12.0. The molecule has 0 bridgehead atoms. The van der Waals surface area contributed by atoms with Gasteiger partial charge in [0, 0.05) is 35.1 Å². The fourth-order valence-corrected chi connectivity index (χ4v) is 3.57. The largest absolute Gasteiger partial charge is 0.327 e. The van der Waals surface area contributed by atoms with Gasteiger partial charge < -0.3 is 4.98 Å². The fourth-order valence-electron chi connectivity index (χ4n) is 3.57. The number of nitrogens with zero attached hydrogens (tertiary/aromatic N) is 3. The van der Waals surface area contributed by atoms with E-state index in [0.29, 0.717) is 11.3 Å². The summed E-state index contributed by atoms with van der Waals surface area (Å²) in [5, 5.41) is 0.718. The van der Waals surface area contributed by atoms with Crippen LogP contribution in [0.2, 0.25) is 0 Å². The van der Waals surface area contributed by atoms with Gasteiger partial charge in [-0.2, -0.15) is 0 Å². The smallest absolute Gasteiger partial charge is 0.274 e. The zero-order valence-electron chi connectivity index (χ0n) is 15.0. The lowest BCUT2D eigenvalue weighted by Crippen LogP contribution is -2.07. The summed E-state index contributed by atoms with van der Waals surface area (Å²) in [6.45, 7) is 0. The molecule has 28 heavy (non-hydrogen) atoms. The van der Waals surface area contributed by atoms with Crippen molar-refractivity contribution in [3.05, 3.63) is 88.2 Å². The number of benzene rings is 1. The van der Waals surface area contributed by atoms with Gasteiger partial charge in [0.05, 0.1) is 11.6 Å². The molecule has 5 rings (SSSR count). The lowest BCUT2D eigenvalue weighted by atomic mass is 10.1. The highest BCUT2D eigenvalue weighted by Crippen LogP contribution is 2.30. The minimum Gasteiger partial charge on any atom is -0.327 e. The summed E-state index contributed by atoms with van der Waals surface area (Å²) in [6.07, 6.45) is 7.14. The number of rotatable bonds is 1. The third-order valence-electron chi connectivity index (χ3n) is 4.98. The summed E-state index contributed by atoms with van der Waals surface area (Å²) in [4.78, 5) is 28.0. The molecule has 4 aromatic rings. The van der Waals surface area contributed by atoms with Crippen molar-refractivity contribution in [2.45, 2.75) is 18.8 Å². The summed E-state index contributed by atoms with van der Waals surface area (Å²) >= 11 is 0. The van der Waals surface area contributed by atoms with Gasteiger partial charge in [-0.05, 0) is 42.7 Å². The van der Waals surface area contributed by atoms with Crippen molar-refractivity contribution < 1.29 is 0 Å². The van der Waals surface area contributed by atoms with Crippen LogP contribution >= 0.6 is 0 Å². The molecule has 1 atom stereocenters. The maximum Gasteiger partial charge on any atom is 0.274 e. The van der Waals surface area contributed by atoms with Crippen LogP contribution in [0.15, 0.2) is 65.8 Å². The van der Waals surface area contributed by atoms with Crippen molar-refractivity contribution in [1.82, 2.24) is 19.9 Å². The Morgan fingerprint density at radius 2 is 2.07 bits per heavy atom. The van der Waals surface area contributed by atoms with Crippen molar-refractivity contribution in [3.8, 4) is 23.2 Å². The van der Waals surface area contributed by atoms with Gasteiger partial charge in [0.25, 0.3) is 5.56 Å². The molecule has 0 fully saturated rings. The summed E-state index contributed by atoms with van der Waals surface area (Å²) in [7, 11) is 0. The molecule has 5 nitrogen and oxygen atoms in total. The number of pyridine rings is 2. The Labute approximate surface area is 161 Å². The molecule has 134 valence electrons. The van der Waals surface area contributed by atoms with Crippen LogP contribution in [0.3, 0.4) is 0 Å². The van der Waals surface area contributed by atoms with E-state index in [2.05, 4.69) is 37.8 Å². The van der Waals surface area contributed by atoms with Crippen LogP contribution in [-0.4, -0.2) is 19.9 Å². The summed E-state index contributed by atoms with van der Waals surface area (Å²) in [5.74, 6) is 7.33. The quantitative estimate of drug-likeness (QED) is 0.525. The van der Waals surface area contributed by atoms with Crippen molar-refractivity contribution in [1.29, 1.82) is 0 Å². The Morgan fingerprint density at radius 1 is 1.11 bits per heavy atom. The highest BCUT2D eigenvalue weighted by molar-refractivity contribution is 5.78. The predicted octanol–water partition coefficient (Wildman–Crippen LogP) is 3.46. The first-order chi connectivity index (χ1) is 13.8. The van der Waals surface area contributed by atoms with E-state index in [1.165, 1.54) is 5.56 Å². The van der Waals surface area contributed by atoms with E-state index in [1.807, 2.05) is 36.5 Å². The molecule has 3 aromatic heterocycles. The Hall–Kier alpha value is -3.78. The van der Waals surface area contributed by atoms with Crippen molar-refractivity contribution in [2.24, 2.45) is 0 Å². The monoisotopic (exact) mass is 364 g/mol. The van der Waals surface area contributed by atoms with Gasteiger partial charge in [0.2, 0.25) is 0 Å². The molecule has 1 aromatic carbocycles. The van der Waals surface area contributed by atoms with Gasteiger partial charge in [0.15, 0.2) is 5.82 Å². The number of aryl methyl sites for hydroxylation is 1. The molecule has 0 saturated carbocycles. The molecular weight excluding hydrogens is 348 g/mol. The van der Waals surface area contributed by atoms with E-state index in [4.69, 9.17) is 0 Å². The molecular formula is C23H16N4O. The van der Waals surface area contributed by atoms with E-state index >= 15 is 0 Å². The number of aromatic nitrogens is 4. The normalized spacial score (nSPS) is 15.1. The van der Waals surface area contributed by atoms with E-state index in [1.54, 1.807) is 18.5 Å². The van der Waals surface area contributed by atoms with Crippen molar-refractivity contribution in [2.75, 3.05) is 0 Å². The number of H-pyrrole nitrogens is 1. The first-order valence-corrected chi connectivity index (χ1v) is 9.18. The van der Waals surface area contributed by atoms with Gasteiger partial charge in [-0.1, -0.05) is 30.0 Å². The second kappa shape index (κ2) is 6.75. The number of hydrogen-bond acceptors (Lipinski definition) is 4. The van der Waals surface area contributed by atoms with Gasteiger partial charge in [0.1, 0.15) is 5.52 Å². The molecule has 0 amide bonds. The zero-order valence-corrected chi connectivity index (χ0v) is 15.0. The van der Waals surface area contributed by atoms with Crippen LogP contribution in [0.25, 0.3) is 22.3 Å². The zero-order chi connectivity index (χ0) is 18.9. The number of aromatic amines is 1. The lowest BCUT2D eigenvalue weighted by Gasteiger charge is -2.03. The molecule has 3 heterocycles. The average Bonchev–Trinajstić information content (AvgIpc) is 3.16. The highest BCUT2D eigenvalue weighted by atomic mass is 16.1. The van der Waals surface area contributed by atoms with E-state index in [0.717, 1.165) is 35.0 Å². The van der Waals surface area contributed by atoms with Gasteiger partial charge >= 0.3 is 0 Å². The van der Waals surface area contributed by atoms with Gasteiger partial charge in [-0.25, -0.2) is 9.97 Å². The number of hydrogen-bond donors (Lipinski definition) is 1. The van der Waals surface area contributed by atoms with E-state index in [-0.39, 0.29) is 11.5 Å². The van der Waals surface area contributed by atoms with Crippen LogP contribution < -0.4 is 5.56 Å². The third kappa shape index (κ3) is 2.95. The molecule has 0 saturated heterocycles. The molecule has 0 spiro atoms. The van der Waals surface area contributed by atoms with Gasteiger partial charge in [-0.3, -0.25) is 9.78 Å². The van der Waals surface area contributed by atoms with Gasteiger partial charge in [-0.15, -0.1) is 0 Å². The van der Waals surface area contributed by atoms with Crippen LogP contribution in [0.4, 0.5) is 0 Å². The van der Waals surface area contributed by atoms with E-state index in [9.17, 15) is 4.79 Å². The SMILES string of the molecule is O=c1[nH]ccc2cnc(-c3cccc(C#C[C@@H]4CCc5cccnc54)c3)nc12. The first-order valence-electron chi connectivity index (χ1n) is 9.18. The first kappa shape index (κ1) is 16.4. The molecule has 0 radical (unpaired) electrons. The predicted molar refractivity (Wildman–Crippen MR) is 108 cm³/mol. The van der Waals surface area contributed by atoms with Crippen molar-refractivity contribution in [3.63, 3.8) is 0 Å². The molecule has 0 unspecified atom stereocenters. The second-order valence-corrected chi connectivity index (χ2v) is 6.79.